The first-order chi connectivity index (χ1) is 10.1. The summed E-state index contributed by atoms with van der Waals surface area (Å²) >= 11 is 0. The van der Waals surface area contributed by atoms with Crippen molar-refractivity contribution >= 4 is 19.2 Å². The van der Waals surface area contributed by atoms with E-state index in [1.807, 2.05) is 39.9 Å². The number of aromatic nitrogens is 2. The molecule has 0 bridgehead atoms. The van der Waals surface area contributed by atoms with E-state index in [0.29, 0.717) is 13.1 Å². The van der Waals surface area contributed by atoms with Gasteiger partial charge in [-0.2, -0.15) is 0 Å². The second-order valence-corrected chi connectivity index (χ2v) is 5.92. The highest BCUT2D eigenvalue weighted by Gasteiger charge is 2.34. The predicted molar refractivity (Wildman–Crippen MR) is 82.2 cm³/mol. The van der Waals surface area contributed by atoms with E-state index in [9.17, 15) is 4.79 Å². The molecule has 1 aliphatic heterocycles. The van der Waals surface area contributed by atoms with E-state index in [2.05, 4.69) is 18.8 Å². The fourth-order valence-corrected chi connectivity index (χ4v) is 2.87. The van der Waals surface area contributed by atoms with Crippen molar-refractivity contribution in [3.8, 4) is 0 Å². The lowest BCUT2D eigenvalue weighted by Gasteiger charge is -2.35. The van der Waals surface area contributed by atoms with Crippen LogP contribution in [-0.2, 0) is 17.9 Å². The normalized spacial score (nSPS) is 18.1. The van der Waals surface area contributed by atoms with Crippen LogP contribution in [0.2, 0.25) is 0 Å². The molecule has 4 nitrogen and oxygen atoms in total. The van der Waals surface area contributed by atoms with Crippen molar-refractivity contribution in [3.05, 3.63) is 48.0 Å². The summed E-state index contributed by atoms with van der Waals surface area (Å²) in [5.74, 6) is 0.395. The Morgan fingerprint density at radius 2 is 2.05 bits per heavy atom. The quantitative estimate of drug-likeness (QED) is 0.797. The van der Waals surface area contributed by atoms with Gasteiger partial charge in [0, 0.05) is 12.7 Å². The molecule has 0 saturated heterocycles. The van der Waals surface area contributed by atoms with Crippen molar-refractivity contribution in [1.82, 2.24) is 14.5 Å². The van der Waals surface area contributed by atoms with Crippen LogP contribution in [0.3, 0.4) is 0 Å². The number of hydrogen-bond acceptors (Lipinski definition) is 2. The van der Waals surface area contributed by atoms with Gasteiger partial charge in [0.1, 0.15) is 13.9 Å². The molecule has 0 N–H and O–H groups in total. The maximum absolute atomic E-state index is 12.8. The number of fused-ring (bicyclic) bond motifs is 1. The fourth-order valence-electron chi connectivity index (χ4n) is 2.87. The lowest BCUT2D eigenvalue weighted by molar-refractivity contribution is -0.139. The van der Waals surface area contributed by atoms with Gasteiger partial charge in [-0.1, -0.05) is 43.6 Å². The minimum absolute atomic E-state index is 0.160. The maximum Gasteiger partial charge on any atom is 0.246 e. The zero-order chi connectivity index (χ0) is 15.0. The lowest BCUT2D eigenvalue weighted by Crippen LogP contribution is -2.43. The number of nitrogens with zero attached hydrogens (tertiary/aromatic N) is 3. The molecule has 0 spiro atoms. The summed E-state index contributed by atoms with van der Waals surface area (Å²) in [6.45, 7) is 5.35. The highest BCUT2D eigenvalue weighted by atomic mass is 16.2. The maximum atomic E-state index is 12.8. The smallest absolute Gasteiger partial charge is 0.246 e. The average Bonchev–Trinajstić information content (AvgIpc) is 2.89. The Morgan fingerprint density at radius 1 is 1.33 bits per heavy atom. The molecule has 1 aromatic carbocycles. The Kier molecular flexibility index (Phi) is 3.58. The lowest BCUT2D eigenvalue weighted by atomic mass is 9.95. The van der Waals surface area contributed by atoms with Crippen LogP contribution in [0.5, 0.6) is 0 Å². The second-order valence-electron chi connectivity index (χ2n) is 5.92. The Bertz CT molecular complexity index is 648. The number of rotatable bonds is 3. The number of amides is 1. The van der Waals surface area contributed by atoms with E-state index in [0.717, 1.165) is 16.7 Å². The fraction of sp³-hybridized carbons (Fsp3) is 0.375. The van der Waals surface area contributed by atoms with Crippen LogP contribution in [0.1, 0.15) is 31.1 Å². The van der Waals surface area contributed by atoms with E-state index in [1.54, 1.807) is 6.33 Å². The third-order valence-corrected chi connectivity index (χ3v) is 3.95. The summed E-state index contributed by atoms with van der Waals surface area (Å²) in [7, 11) is 5.71. The molecule has 1 amide bonds. The van der Waals surface area contributed by atoms with Crippen molar-refractivity contribution in [2.75, 3.05) is 0 Å². The van der Waals surface area contributed by atoms with Gasteiger partial charge in [-0.05, 0) is 11.5 Å². The van der Waals surface area contributed by atoms with Gasteiger partial charge in [0.25, 0.3) is 0 Å². The molecule has 1 atom stereocenters. The molecule has 1 aromatic heterocycles. The zero-order valence-corrected chi connectivity index (χ0v) is 12.4. The summed E-state index contributed by atoms with van der Waals surface area (Å²) < 4.78 is 2.01. The molecular formula is C16H18BN3O. The van der Waals surface area contributed by atoms with Gasteiger partial charge in [-0.3, -0.25) is 4.79 Å². The van der Waals surface area contributed by atoms with Crippen LogP contribution in [0, 0.1) is 5.92 Å². The monoisotopic (exact) mass is 279 g/mol. The van der Waals surface area contributed by atoms with Gasteiger partial charge in [-0.15, -0.1) is 0 Å². The number of carbonyl (C=O) groups excluding carboxylic acids is 1. The van der Waals surface area contributed by atoms with Gasteiger partial charge in [0.15, 0.2) is 0 Å². The van der Waals surface area contributed by atoms with E-state index < -0.39 is 0 Å². The number of benzene rings is 1. The van der Waals surface area contributed by atoms with Crippen LogP contribution in [-0.4, -0.2) is 28.2 Å². The predicted octanol–water partition coefficient (Wildman–Crippen LogP) is 1.42. The van der Waals surface area contributed by atoms with E-state index in [-0.39, 0.29) is 17.9 Å². The van der Waals surface area contributed by atoms with Gasteiger partial charge in [-0.25, -0.2) is 4.98 Å². The van der Waals surface area contributed by atoms with Crippen molar-refractivity contribution in [3.63, 3.8) is 0 Å². The number of carbonyl (C=O) groups is 1. The minimum atomic E-state index is -0.162. The van der Waals surface area contributed by atoms with Gasteiger partial charge < -0.3 is 9.47 Å². The Balaban J connectivity index is 1.87. The standard InChI is InChI=1S/C16H18BN3O/c1-11(2)15-16(21)19(9-14-7-18-10-20(14)15)8-12-3-5-13(17)6-4-12/h3-7,10-11,15H,8-9H2,1-2H3. The third-order valence-electron chi connectivity index (χ3n) is 3.95. The molecule has 2 radical (unpaired) electrons. The molecule has 2 heterocycles. The van der Waals surface area contributed by atoms with Crippen molar-refractivity contribution < 1.29 is 4.79 Å². The van der Waals surface area contributed by atoms with Crippen LogP contribution in [0.15, 0.2) is 36.8 Å². The molecule has 0 aliphatic carbocycles. The van der Waals surface area contributed by atoms with Crippen LogP contribution >= 0.6 is 0 Å². The summed E-state index contributed by atoms with van der Waals surface area (Å²) in [5.41, 5.74) is 2.92. The van der Waals surface area contributed by atoms with Gasteiger partial charge >= 0.3 is 0 Å². The first kappa shape index (κ1) is 13.9. The van der Waals surface area contributed by atoms with Crippen LogP contribution in [0.4, 0.5) is 0 Å². The minimum Gasteiger partial charge on any atom is -0.331 e. The van der Waals surface area contributed by atoms with Crippen molar-refractivity contribution in [2.45, 2.75) is 33.0 Å². The highest BCUT2D eigenvalue weighted by Crippen LogP contribution is 2.28. The number of hydrogen-bond donors (Lipinski definition) is 0. The first-order valence-electron chi connectivity index (χ1n) is 7.20. The molecular weight excluding hydrogens is 261 g/mol. The average molecular weight is 279 g/mol. The molecule has 0 saturated carbocycles. The van der Waals surface area contributed by atoms with Crippen molar-refractivity contribution in [1.29, 1.82) is 0 Å². The molecule has 106 valence electrons. The summed E-state index contributed by atoms with van der Waals surface area (Å²) in [6.07, 6.45) is 3.61. The first-order valence-corrected chi connectivity index (χ1v) is 7.20. The third kappa shape index (κ3) is 2.60. The molecule has 1 aliphatic rings. The van der Waals surface area contributed by atoms with Crippen LogP contribution in [0.25, 0.3) is 0 Å². The summed E-state index contributed by atoms with van der Waals surface area (Å²) in [6, 6.07) is 7.52. The Morgan fingerprint density at radius 3 is 2.71 bits per heavy atom. The van der Waals surface area contributed by atoms with Crippen LogP contribution < -0.4 is 5.46 Å². The highest BCUT2D eigenvalue weighted by molar-refractivity contribution is 6.32. The zero-order valence-electron chi connectivity index (χ0n) is 12.4. The number of imidazole rings is 1. The summed E-state index contributed by atoms with van der Waals surface area (Å²) in [5, 5.41) is 0. The topological polar surface area (TPSA) is 38.1 Å². The van der Waals surface area contributed by atoms with Crippen molar-refractivity contribution in [2.24, 2.45) is 5.92 Å². The SMILES string of the molecule is [B]c1ccc(CN2Cc3cncn3C(C(C)C)C2=O)cc1. The molecule has 0 fully saturated rings. The van der Waals surface area contributed by atoms with E-state index >= 15 is 0 Å². The molecule has 21 heavy (non-hydrogen) atoms. The Labute approximate surface area is 126 Å². The Hall–Kier alpha value is -2.04. The largest absolute Gasteiger partial charge is 0.331 e. The van der Waals surface area contributed by atoms with E-state index in [1.165, 1.54) is 0 Å². The summed E-state index contributed by atoms with van der Waals surface area (Å²) in [4.78, 5) is 18.8. The van der Waals surface area contributed by atoms with E-state index in [4.69, 9.17) is 7.85 Å². The van der Waals surface area contributed by atoms with Gasteiger partial charge in [0.2, 0.25) is 5.91 Å². The second kappa shape index (κ2) is 5.39. The molecule has 2 aromatic rings. The molecule has 5 heteroatoms. The molecule has 3 rings (SSSR count). The molecule has 1 unspecified atom stereocenters. The van der Waals surface area contributed by atoms with Gasteiger partial charge in [0.05, 0.1) is 18.6 Å².